The van der Waals surface area contributed by atoms with Gasteiger partial charge >= 0.3 is 0 Å². The highest BCUT2D eigenvalue weighted by atomic mass is 16.6. The van der Waals surface area contributed by atoms with Crippen LogP contribution in [0.2, 0.25) is 0 Å². The van der Waals surface area contributed by atoms with Crippen molar-refractivity contribution in [3.63, 3.8) is 0 Å². The van der Waals surface area contributed by atoms with Gasteiger partial charge in [0.25, 0.3) is 0 Å². The van der Waals surface area contributed by atoms with E-state index in [1.807, 2.05) is 6.92 Å². The normalized spacial score (nSPS) is 18.3. The number of hydrogen-bond donors (Lipinski definition) is 1. The second-order valence-electron chi connectivity index (χ2n) is 4.18. The molecule has 0 rings (SSSR count). The van der Waals surface area contributed by atoms with Crippen molar-refractivity contribution in [3.8, 4) is 0 Å². The highest BCUT2D eigenvalue weighted by molar-refractivity contribution is 5.00. The van der Waals surface area contributed by atoms with Crippen LogP contribution >= 0.6 is 0 Å². The van der Waals surface area contributed by atoms with E-state index in [1.165, 1.54) is 5.57 Å². The standard InChI is InChI=1S/C13H24O2/c1-6-11(3)9-8-10-13(5,7-2)15-12(4)14/h7,9,12,14H,2,6,8,10H2,1,3-5H3/b11-9-. The SMILES string of the molecule is C=CC(C)(CC/C=C(/C)CC)OC(C)O. The fraction of sp³-hybridized carbons (Fsp3) is 0.692. The molecule has 2 atom stereocenters. The lowest BCUT2D eigenvalue weighted by molar-refractivity contribution is -0.151. The highest BCUT2D eigenvalue weighted by Gasteiger charge is 2.21. The molecule has 0 aromatic rings. The van der Waals surface area contributed by atoms with E-state index in [0.29, 0.717) is 0 Å². The molecule has 88 valence electrons. The molecule has 1 N–H and O–H groups in total. The third kappa shape index (κ3) is 6.47. The van der Waals surface area contributed by atoms with Crippen LogP contribution in [-0.4, -0.2) is 17.0 Å². The van der Waals surface area contributed by atoms with Gasteiger partial charge in [-0.15, -0.1) is 6.58 Å². The molecule has 0 bridgehead atoms. The molecule has 0 saturated heterocycles. The first kappa shape index (κ1) is 14.4. The Morgan fingerprint density at radius 2 is 2.20 bits per heavy atom. The number of rotatable bonds is 7. The van der Waals surface area contributed by atoms with Crippen molar-refractivity contribution in [2.75, 3.05) is 0 Å². The van der Waals surface area contributed by atoms with E-state index in [-0.39, 0.29) is 0 Å². The average molecular weight is 212 g/mol. The lowest BCUT2D eigenvalue weighted by atomic mass is 9.99. The van der Waals surface area contributed by atoms with Crippen molar-refractivity contribution < 1.29 is 9.84 Å². The van der Waals surface area contributed by atoms with Crippen LogP contribution in [0.5, 0.6) is 0 Å². The molecular formula is C13H24O2. The Balaban J connectivity index is 4.15. The number of aliphatic hydroxyl groups excluding tert-OH is 1. The zero-order chi connectivity index (χ0) is 11.9. The van der Waals surface area contributed by atoms with Crippen molar-refractivity contribution in [1.82, 2.24) is 0 Å². The quantitative estimate of drug-likeness (QED) is 0.517. The van der Waals surface area contributed by atoms with E-state index in [2.05, 4.69) is 26.5 Å². The zero-order valence-electron chi connectivity index (χ0n) is 10.4. The fourth-order valence-corrected chi connectivity index (χ4v) is 1.35. The second kappa shape index (κ2) is 6.81. The van der Waals surface area contributed by atoms with Gasteiger partial charge in [0.2, 0.25) is 0 Å². The molecule has 0 amide bonds. The van der Waals surface area contributed by atoms with Gasteiger partial charge in [-0.1, -0.05) is 24.6 Å². The maximum atomic E-state index is 9.19. The average Bonchev–Trinajstić information content (AvgIpc) is 2.16. The first-order valence-electron chi connectivity index (χ1n) is 5.58. The summed E-state index contributed by atoms with van der Waals surface area (Å²) in [5, 5.41) is 9.19. The number of aliphatic hydroxyl groups is 1. The third-order valence-electron chi connectivity index (χ3n) is 2.56. The number of allylic oxidation sites excluding steroid dienone is 2. The van der Waals surface area contributed by atoms with E-state index in [0.717, 1.165) is 19.3 Å². The van der Waals surface area contributed by atoms with Crippen molar-refractivity contribution >= 4 is 0 Å². The van der Waals surface area contributed by atoms with Crippen LogP contribution in [0.15, 0.2) is 24.3 Å². The van der Waals surface area contributed by atoms with E-state index in [1.54, 1.807) is 13.0 Å². The summed E-state index contributed by atoms with van der Waals surface area (Å²) < 4.78 is 5.41. The first-order valence-corrected chi connectivity index (χ1v) is 5.58. The van der Waals surface area contributed by atoms with E-state index >= 15 is 0 Å². The lowest BCUT2D eigenvalue weighted by Gasteiger charge is -2.27. The molecule has 0 saturated carbocycles. The maximum absolute atomic E-state index is 9.19. The Hall–Kier alpha value is -0.600. The van der Waals surface area contributed by atoms with Gasteiger partial charge in [0.1, 0.15) is 0 Å². The summed E-state index contributed by atoms with van der Waals surface area (Å²) in [4.78, 5) is 0. The second-order valence-corrected chi connectivity index (χ2v) is 4.18. The summed E-state index contributed by atoms with van der Waals surface area (Å²) in [6, 6.07) is 0. The van der Waals surface area contributed by atoms with E-state index < -0.39 is 11.9 Å². The first-order chi connectivity index (χ1) is 6.93. The molecule has 0 aliphatic rings. The molecule has 0 fully saturated rings. The number of hydrogen-bond acceptors (Lipinski definition) is 2. The predicted octanol–water partition coefficient (Wildman–Crippen LogP) is 3.42. The van der Waals surface area contributed by atoms with Gasteiger partial charge in [-0.3, -0.25) is 0 Å². The van der Waals surface area contributed by atoms with Gasteiger partial charge in [0.15, 0.2) is 6.29 Å². The van der Waals surface area contributed by atoms with Crippen LogP contribution in [0, 0.1) is 0 Å². The summed E-state index contributed by atoms with van der Waals surface area (Å²) in [7, 11) is 0. The summed E-state index contributed by atoms with van der Waals surface area (Å²) in [5.74, 6) is 0. The van der Waals surface area contributed by atoms with Crippen molar-refractivity contribution in [2.24, 2.45) is 0 Å². The van der Waals surface area contributed by atoms with Crippen molar-refractivity contribution in [2.45, 2.75) is 58.8 Å². The summed E-state index contributed by atoms with van der Waals surface area (Å²) in [6.07, 6.45) is 6.11. The minimum Gasteiger partial charge on any atom is -0.368 e. The van der Waals surface area contributed by atoms with Crippen LogP contribution in [0.25, 0.3) is 0 Å². The maximum Gasteiger partial charge on any atom is 0.152 e. The summed E-state index contributed by atoms with van der Waals surface area (Å²) >= 11 is 0. The van der Waals surface area contributed by atoms with Gasteiger partial charge < -0.3 is 9.84 Å². The zero-order valence-corrected chi connectivity index (χ0v) is 10.4. The fourth-order valence-electron chi connectivity index (χ4n) is 1.35. The van der Waals surface area contributed by atoms with E-state index in [9.17, 15) is 5.11 Å². The van der Waals surface area contributed by atoms with Gasteiger partial charge in [0, 0.05) is 0 Å². The largest absolute Gasteiger partial charge is 0.368 e. The minimum atomic E-state index is -0.746. The van der Waals surface area contributed by atoms with Gasteiger partial charge in [0.05, 0.1) is 5.60 Å². The van der Waals surface area contributed by atoms with Gasteiger partial charge in [-0.25, -0.2) is 0 Å². The topological polar surface area (TPSA) is 29.5 Å². The van der Waals surface area contributed by atoms with Crippen molar-refractivity contribution in [1.29, 1.82) is 0 Å². The molecular weight excluding hydrogens is 188 g/mol. The Morgan fingerprint density at radius 3 is 2.60 bits per heavy atom. The van der Waals surface area contributed by atoms with Crippen LogP contribution in [-0.2, 0) is 4.74 Å². The molecule has 2 heteroatoms. The van der Waals surface area contributed by atoms with Crippen molar-refractivity contribution in [3.05, 3.63) is 24.3 Å². The van der Waals surface area contributed by atoms with Crippen LogP contribution in [0.1, 0.15) is 47.0 Å². The van der Waals surface area contributed by atoms with Crippen LogP contribution in [0.3, 0.4) is 0 Å². The minimum absolute atomic E-state index is 0.432. The molecule has 0 aromatic heterocycles. The molecule has 0 spiro atoms. The Bertz CT molecular complexity index is 219. The molecule has 0 aromatic carbocycles. The molecule has 0 aliphatic heterocycles. The van der Waals surface area contributed by atoms with Gasteiger partial charge in [-0.05, 0) is 40.0 Å². The Labute approximate surface area is 93.6 Å². The highest BCUT2D eigenvalue weighted by Crippen LogP contribution is 2.21. The third-order valence-corrected chi connectivity index (χ3v) is 2.56. The Kier molecular flexibility index (Phi) is 6.53. The monoisotopic (exact) mass is 212 g/mol. The molecule has 0 radical (unpaired) electrons. The number of ether oxygens (including phenoxy) is 1. The smallest absolute Gasteiger partial charge is 0.152 e. The molecule has 2 unspecified atom stereocenters. The summed E-state index contributed by atoms with van der Waals surface area (Å²) in [6.45, 7) is 11.6. The Morgan fingerprint density at radius 1 is 1.60 bits per heavy atom. The van der Waals surface area contributed by atoms with E-state index in [4.69, 9.17) is 4.74 Å². The molecule has 0 heterocycles. The van der Waals surface area contributed by atoms with Gasteiger partial charge in [-0.2, -0.15) is 0 Å². The van der Waals surface area contributed by atoms with Crippen LogP contribution in [0.4, 0.5) is 0 Å². The summed E-state index contributed by atoms with van der Waals surface area (Å²) in [5.41, 5.74) is 0.956. The predicted molar refractivity (Wildman–Crippen MR) is 64.6 cm³/mol. The molecule has 15 heavy (non-hydrogen) atoms. The molecule has 2 nitrogen and oxygen atoms in total. The lowest BCUT2D eigenvalue weighted by Crippen LogP contribution is -2.30. The molecule has 0 aliphatic carbocycles. The van der Waals surface area contributed by atoms with Crippen LogP contribution < -0.4 is 0 Å².